The molecule has 1 unspecified atom stereocenters. The molecule has 0 amide bonds. The van der Waals surface area contributed by atoms with E-state index in [2.05, 4.69) is 31.2 Å². The molecule has 1 aromatic carbocycles. The molecule has 1 atom stereocenters. The minimum absolute atomic E-state index is 0.0862. The van der Waals surface area contributed by atoms with Crippen LogP contribution >= 0.6 is 0 Å². The Labute approximate surface area is 122 Å². The Balaban J connectivity index is 1.69. The van der Waals surface area contributed by atoms with Crippen LogP contribution in [-0.2, 0) is 11.2 Å². The molecule has 110 valence electrons. The average Bonchev–Trinajstić information content (AvgIpc) is 2.48. The van der Waals surface area contributed by atoms with E-state index in [1.54, 1.807) is 0 Å². The Morgan fingerprint density at radius 1 is 1.25 bits per heavy atom. The second-order valence-corrected chi connectivity index (χ2v) is 6.59. The molecule has 0 spiro atoms. The van der Waals surface area contributed by atoms with Gasteiger partial charge in [0.2, 0.25) is 0 Å². The zero-order valence-corrected chi connectivity index (χ0v) is 12.5. The summed E-state index contributed by atoms with van der Waals surface area (Å²) < 4.78 is 5.97. The quantitative estimate of drug-likeness (QED) is 0.902. The van der Waals surface area contributed by atoms with Crippen molar-refractivity contribution in [3.8, 4) is 0 Å². The molecule has 2 heteroatoms. The first kappa shape index (κ1) is 14.1. The van der Waals surface area contributed by atoms with Crippen molar-refractivity contribution in [2.45, 2.75) is 63.6 Å². The first-order chi connectivity index (χ1) is 9.70. The van der Waals surface area contributed by atoms with Crippen molar-refractivity contribution >= 4 is 0 Å². The topological polar surface area (TPSA) is 29.5 Å². The summed E-state index contributed by atoms with van der Waals surface area (Å²) in [5.41, 5.74) is 2.18. The Bertz CT molecular complexity index is 446. The monoisotopic (exact) mass is 274 g/mol. The van der Waals surface area contributed by atoms with Crippen molar-refractivity contribution in [2.75, 3.05) is 6.61 Å². The predicted molar refractivity (Wildman–Crippen MR) is 80.7 cm³/mol. The van der Waals surface area contributed by atoms with Gasteiger partial charge in [-0.2, -0.15) is 0 Å². The fourth-order valence-electron chi connectivity index (χ4n) is 3.82. The van der Waals surface area contributed by atoms with Gasteiger partial charge in [-0.05, 0) is 49.1 Å². The molecular formula is C18H26O2. The molecule has 1 N–H and O–H groups in total. The zero-order chi connectivity index (χ0) is 14.0. The van der Waals surface area contributed by atoms with Crippen LogP contribution in [0.15, 0.2) is 24.3 Å². The van der Waals surface area contributed by atoms with E-state index in [1.165, 1.54) is 30.4 Å². The van der Waals surface area contributed by atoms with Gasteiger partial charge in [-0.3, -0.25) is 0 Å². The number of aliphatic hydroxyl groups is 1. The summed E-state index contributed by atoms with van der Waals surface area (Å²) in [5, 5.41) is 10.9. The minimum Gasteiger partial charge on any atom is -0.390 e. The number of hydrogen-bond acceptors (Lipinski definition) is 2. The smallest absolute Gasteiger partial charge is 0.0855 e. The highest BCUT2D eigenvalue weighted by Crippen LogP contribution is 2.41. The van der Waals surface area contributed by atoms with Crippen LogP contribution in [0.2, 0.25) is 0 Å². The number of benzene rings is 1. The van der Waals surface area contributed by atoms with Crippen molar-refractivity contribution in [3.05, 3.63) is 35.4 Å². The van der Waals surface area contributed by atoms with Crippen molar-refractivity contribution in [3.63, 3.8) is 0 Å². The van der Waals surface area contributed by atoms with Gasteiger partial charge in [-0.1, -0.05) is 37.6 Å². The molecule has 0 radical (unpaired) electrons. The molecule has 1 fully saturated rings. The highest BCUT2D eigenvalue weighted by molar-refractivity contribution is 5.31. The molecule has 0 saturated heterocycles. The zero-order valence-electron chi connectivity index (χ0n) is 12.5. The maximum absolute atomic E-state index is 10.9. The Hall–Kier alpha value is -0.860. The van der Waals surface area contributed by atoms with Gasteiger partial charge < -0.3 is 9.84 Å². The molecule has 1 saturated carbocycles. The van der Waals surface area contributed by atoms with Crippen molar-refractivity contribution in [1.82, 2.24) is 0 Å². The summed E-state index contributed by atoms with van der Waals surface area (Å²) in [6, 6.07) is 8.55. The average molecular weight is 274 g/mol. The van der Waals surface area contributed by atoms with E-state index in [1.807, 2.05) is 0 Å². The van der Waals surface area contributed by atoms with Gasteiger partial charge in [-0.25, -0.2) is 0 Å². The molecule has 1 heterocycles. The van der Waals surface area contributed by atoms with E-state index >= 15 is 0 Å². The first-order valence-corrected chi connectivity index (χ1v) is 8.12. The Morgan fingerprint density at radius 3 is 2.75 bits per heavy atom. The lowest BCUT2D eigenvalue weighted by Gasteiger charge is -2.39. The fourth-order valence-corrected chi connectivity index (χ4v) is 3.82. The lowest BCUT2D eigenvalue weighted by molar-refractivity contribution is -0.0708. The van der Waals surface area contributed by atoms with Gasteiger partial charge in [0.1, 0.15) is 0 Å². The minimum atomic E-state index is -0.513. The molecule has 1 aliphatic heterocycles. The highest BCUT2D eigenvalue weighted by Gasteiger charge is 2.36. The van der Waals surface area contributed by atoms with Crippen LogP contribution in [0, 0.1) is 5.92 Å². The van der Waals surface area contributed by atoms with Crippen molar-refractivity contribution < 1.29 is 9.84 Å². The van der Waals surface area contributed by atoms with Gasteiger partial charge >= 0.3 is 0 Å². The largest absolute Gasteiger partial charge is 0.390 e. The second kappa shape index (κ2) is 5.87. The fraction of sp³-hybridized carbons (Fsp3) is 0.667. The van der Waals surface area contributed by atoms with E-state index < -0.39 is 5.60 Å². The van der Waals surface area contributed by atoms with Gasteiger partial charge in [-0.15, -0.1) is 0 Å². The van der Waals surface area contributed by atoms with Gasteiger partial charge in [0, 0.05) is 6.42 Å². The molecule has 2 aliphatic rings. The number of rotatable bonds is 3. The molecule has 2 nitrogen and oxygen atoms in total. The molecule has 0 bridgehead atoms. The van der Waals surface area contributed by atoms with Crippen LogP contribution in [0.1, 0.15) is 62.7 Å². The van der Waals surface area contributed by atoms with E-state index in [0.717, 1.165) is 38.2 Å². The number of hydrogen-bond donors (Lipinski definition) is 1. The van der Waals surface area contributed by atoms with E-state index in [-0.39, 0.29) is 6.10 Å². The SMILES string of the molecule is CCC1CCC(O)(CC2OCCc3ccccc32)CC1. The summed E-state index contributed by atoms with van der Waals surface area (Å²) in [4.78, 5) is 0. The third-order valence-electron chi connectivity index (χ3n) is 5.27. The normalized spacial score (nSPS) is 33.7. The van der Waals surface area contributed by atoms with Crippen LogP contribution in [-0.4, -0.2) is 17.3 Å². The third-order valence-corrected chi connectivity index (χ3v) is 5.27. The van der Waals surface area contributed by atoms with Crippen LogP contribution in [0.25, 0.3) is 0 Å². The maximum atomic E-state index is 10.9. The summed E-state index contributed by atoms with van der Waals surface area (Å²) in [6.07, 6.45) is 7.31. The van der Waals surface area contributed by atoms with Gasteiger partial charge in [0.15, 0.2) is 0 Å². The molecule has 20 heavy (non-hydrogen) atoms. The van der Waals surface area contributed by atoms with E-state index in [9.17, 15) is 5.11 Å². The van der Waals surface area contributed by atoms with Crippen LogP contribution in [0.5, 0.6) is 0 Å². The molecule has 0 aromatic heterocycles. The van der Waals surface area contributed by atoms with Gasteiger partial charge in [0.25, 0.3) is 0 Å². The molecule has 1 aliphatic carbocycles. The van der Waals surface area contributed by atoms with Crippen molar-refractivity contribution in [1.29, 1.82) is 0 Å². The number of ether oxygens (including phenoxy) is 1. The lowest BCUT2D eigenvalue weighted by Crippen LogP contribution is -2.37. The van der Waals surface area contributed by atoms with E-state index in [4.69, 9.17) is 4.74 Å². The molecule has 1 aromatic rings. The summed E-state index contributed by atoms with van der Waals surface area (Å²) in [5.74, 6) is 0.815. The second-order valence-electron chi connectivity index (χ2n) is 6.59. The predicted octanol–water partition coefficient (Wildman–Crippen LogP) is 4.02. The van der Waals surface area contributed by atoms with E-state index in [0.29, 0.717) is 0 Å². The summed E-state index contributed by atoms with van der Waals surface area (Å²) in [6.45, 7) is 3.05. The highest BCUT2D eigenvalue weighted by atomic mass is 16.5. The van der Waals surface area contributed by atoms with Gasteiger partial charge in [0.05, 0.1) is 18.3 Å². The third kappa shape index (κ3) is 2.91. The summed E-state index contributed by atoms with van der Waals surface area (Å²) in [7, 11) is 0. The standard InChI is InChI=1S/C18H26O2/c1-2-14-7-10-18(19,11-8-14)13-17-16-6-4-3-5-15(16)9-12-20-17/h3-6,14,17,19H,2,7-13H2,1H3. The number of fused-ring (bicyclic) bond motifs is 1. The van der Waals surface area contributed by atoms with Crippen LogP contribution in [0.4, 0.5) is 0 Å². The Kier molecular flexibility index (Phi) is 4.13. The van der Waals surface area contributed by atoms with Crippen LogP contribution in [0.3, 0.4) is 0 Å². The first-order valence-electron chi connectivity index (χ1n) is 8.12. The Morgan fingerprint density at radius 2 is 2.00 bits per heavy atom. The van der Waals surface area contributed by atoms with Crippen molar-refractivity contribution in [2.24, 2.45) is 5.92 Å². The summed E-state index contributed by atoms with van der Waals surface area (Å²) >= 11 is 0. The van der Waals surface area contributed by atoms with Crippen LogP contribution < -0.4 is 0 Å². The lowest BCUT2D eigenvalue weighted by atomic mass is 9.74. The maximum Gasteiger partial charge on any atom is 0.0855 e. The molecular weight excluding hydrogens is 248 g/mol. The molecule has 3 rings (SSSR count).